The third-order valence-electron chi connectivity index (χ3n) is 1.80. The zero-order valence-corrected chi connectivity index (χ0v) is 21.2. The third kappa shape index (κ3) is 24.4. The van der Waals surface area contributed by atoms with Crippen molar-refractivity contribution in [3.05, 3.63) is 0 Å². The molecule has 0 radical (unpaired) electrons. The van der Waals surface area contributed by atoms with E-state index in [-0.39, 0.29) is 136 Å². The van der Waals surface area contributed by atoms with E-state index < -0.39 is 37.5 Å². The maximum Gasteiger partial charge on any atom is 1.00 e. The molecule has 0 spiro atoms. The molecule has 22 heavy (non-hydrogen) atoms. The van der Waals surface area contributed by atoms with Crippen molar-refractivity contribution < 1.29 is 159 Å². The van der Waals surface area contributed by atoms with Gasteiger partial charge in [0.2, 0.25) is 0 Å². The van der Waals surface area contributed by atoms with Gasteiger partial charge in [-0.3, -0.25) is 6.29 Å². The number of hydrogen-bond donors (Lipinski definition) is 0. The summed E-state index contributed by atoms with van der Waals surface area (Å²) in [4.78, 5) is 42.0. The quantitative estimate of drug-likeness (QED) is 0.287. The summed E-state index contributed by atoms with van der Waals surface area (Å²) in [6.07, 6.45) is 2.27. The molecule has 0 aromatic rings. The molecule has 0 fully saturated rings. The van der Waals surface area contributed by atoms with Crippen LogP contribution in [-0.2, 0) is 19.2 Å². The van der Waals surface area contributed by atoms with Crippen LogP contribution in [0.5, 0.6) is 0 Å². The molecule has 0 aliphatic carbocycles. The summed E-state index contributed by atoms with van der Waals surface area (Å²) in [5.74, 6) is -2.85. The van der Waals surface area contributed by atoms with E-state index in [4.69, 9.17) is 0 Å². The number of carboxylic acids is 2. The van der Waals surface area contributed by atoms with E-state index >= 15 is 0 Å². The van der Waals surface area contributed by atoms with Crippen molar-refractivity contribution in [2.24, 2.45) is 0 Å². The van der Waals surface area contributed by atoms with Gasteiger partial charge in [0.15, 0.2) is 0 Å². The van der Waals surface area contributed by atoms with Gasteiger partial charge in [-0.25, -0.2) is 6.29 Å². The van der Waals surface area contributed by atoms with Crippen molar-refractivity contribution in [1.29, 1.82) is 0 Å². The van der Waals surface area contributed by atoms with Crippen LogP contribution < -0.4 is 128 Å². The summed E-state index contributed by atoms with van der Waals surface area (Å²) in [5, 5.41) is 20.5. The average molecular weight is 353 g/mol. The monoisotopic (exact) mass is 353 g/mol. The van der Waals surface area contributed by atoms with Crippen LogP contribution in [0.1, 0.15) is 12.8 Å². The van der Waals surface area contributed by atoms with Crippen LogP contribution in [0.25, 0.3) is 0 Å². The first-order valence-corrected chi connectivity index (χ1v) is 4.37. The molecule has 0 saturated carbocycles. The van der Waals surface area contributed by atoms with E-state index in [1.807, 2.05) is 0 Å². The summed E-state index contributed by atoms with van der Waals surface area (Å²) >= 11 is 0. The Balaban J connectivity index is -0.0000000750. The first-order valence-electron chi connectivity index (χ1n) is 4.37. The van der Waals surface area contributed by atoms with E-state index in [9.17, 15) is 29.4 Å². The van der Waals surface area contributed by atoms with Gasteiger partial charge in [0.25, 0.3) is 0 Å². The number of rotatable bonds is 9. The normalized spacial score (nSPS) is 8.77. The summed E-state index contributed by atoms with van der Waals surface area (Å²) in [7, 11) is 0. The molecule has 0 saturated heterocycles. The Morgan fingerprint density at radius 3 is 1.68 bits per heavy atom. The Kier molecular flexibility index (Phi) is 56.0. The van der Waals surface area contributed by atoms with Crippen LogP contribution in [0.2, 0.25) is 0 Å². The maximum absolute atomic E-state index is 10.5. The van der Waals surface area contributed by atoms with Crippen LogP contribution >= 0.6 is 0 Å². The summed E-state index contributed by atoms with van der Waals surface area (Å²) in [6.45, 7) is -1.09. The second-order valence-corrected chi connectivity index (χ2v) is 2.97. The second-order valence-electron chi connectivity index (χ2n) is 2.97. The minimum absolute atomic E-state index is 0. The average Bonchev–Trinajstić information content (AvgIpc) is 2.17. The smallest absolute Gasteiger partial charge is 0.870 e. The number of nitrogens with zero attached hydrogens (tertiary/aromatic N) is 1. The Hall–Kier alpha value is 2.16. The summed E-state index contributed by atoms with van der Waals surface area (Å²) in [5.41, 5.74) is 0. The molecule has 1 unspecified atom stereocenters. The van der Waals surface area contributed by atoms with Crippen molar-refractivity contribution in [3.8, 4) is 0 Å². The standard InChI is InChI=1S/C9H11NO6.4Na.2H2O/c11-4-3-10(5-9(15)16)7(6-12)1-2-8(13)14;;;;;;/h7H,1-3,5H2,(H,13,14)(H,15,16);;;;;2*1H2/q-2;4*+1;;/p-4. The van der Waals surface area contributed by atoms with Gasteiger partial charge in [-0.1, -0.05) is 12.5 Å². The van der Waals surface area contributed by atoms with Gasteiger partial charge in [0, 0.05) is 12.5 Å². The Bertz CT molecular complexity index is 295. The van der Waals surface area contributed by atoms with Crippen molar-refractivity contribution >= 4 is 24.5 Å². The Morgan fingerprint density at radius 2 is 1.41 bits per heavy atom. The Labute approximate surface area is 216 Å². The van der Waals surface area contributed by atoms with Gasteiger partial charge in [0.1, 0.15) is 0 Å². The molecule has 13 heteroatoms. The number of carbonyl (C=O) groups is 2. The fourth-order valence-electron chi connectivity index (χ4n) is 1.10. The molecular formula is C9H11NNa4O8-2. The van der Waals surface area contributed by atoms with E-state index in [2.05, 4.69) is 0 Å². The SMILES string of the molecule is O=[C-]CN(CC(=O)[O-])C([C-]=O)CCC(=O)[O-].[Na+].[Na+].[Na+].[Na+].[OH-].[OH-]. The zero-order valence-electron chi connectivity index (χ0n) is 13.2. The number of hydrogen-bond acceptors (Lipinski definition) is 9. The van der Waals surface area contributed by atoms with E-state index in [1.54, 1.807) is 0 Å². The first-order chi connectivity index (χ1) is 7.51. The van der Waals surface area contributed by atoms with Gasteiger partial charge in [-0.05, 0) is 6.42 Å². The van der Waals surface area contributed by atoms with Crippen LogP contribution in [0.15, 0.2) is 0 Å². The van der Waals surface area contributed by atoms with E-state index in [0.717, 1.165) is 4.90 Å². The van der Waals surface area contributed by atoms with Gasteiger partial charge in [-0.2, -0.15) is 0 Å². The number of aliphatic carboxylic acids is 2. The number of carboxylic acid groups (broad SMARTS) is 2. The third-order valence-corrected chi connectivity index (χ3v) is 1.80. The fourth-order valence-corrected chi connectivity index (χ4v) is 1.10. The number of carbonyl (C=O) groups excluding carboxylic acids is 4. The van der Waals surface area contributed by atoms with Crippen molar-refractivity contribution in [3.63, 3.8) is 0 Å². The first kappa shape index (κ1) is 44.0. The van der Waals surface area contributed by atoms with Crippen LogP contribution in [0, 0.1) is 0 Å². The molecule has 0 aliphatic heterocycles. The van der Waals surface area contributed by atoms with E-state index in [0.29, 0.717) is 0 Å². The zero-order chi connectivity index (χ0) is 12.6. The topological polar surface area (TPSA) is 178 Å². The van der Waals surface area contributed by atoms with Gasteiger partial charge < -0.3 is 45.2 Å². The van der Waals surface area contributed by atoms with Gasteiger partial charge in [0.05, 0.1) is 5.97 Å². The van der Waals surface area contributed by atoms with Crippen LogP contribution in [-0.4, -0.2) is 59.5 Å². The largest absolute Gasteiger partial charge is 1.00 e. The molecule has 0 aliphatic rings. The minimum Gasteiger partial charge on any atom is -0.870 e. The van der Waals surface area contributed by atoms with Crippen LogP contribution in [0.3, 0.4) is 0 Å². The molecule has 0 rings (SSSR count). The van der Waals surface area contributed by atoms with Crippen molar-refractivity contribution in [1.82, 2.24) is 4.90 Å². The fraction of sp³-hybridized carbons (Fsp3) is 0.556. The van der Waals surface area contributed by atoms with E-state index in [1.165, 1.54) is 12.6 Å². The molecule has 9 nitrogen and oxygen atoms in total. The van der Waals surface area contributed by atoms with Crippen LogP contribution in [0.4, 0.5) is 0 Å². The maximum atomic E-state index is 10.5. The van der Waals surface area contributed by atoms with Gasteiger partial charge in [-0.15, -0.1) is 6.54 Å². The van der Waals surface area contributed by atoms with Crippen molar-refractivity contribution in [2.75, 3.05) is 13.1 Å². The van der Waals surface area contributed by atoms with Gasteiger partial charge >= 0.3 is 118 Å². The molecule has 0 aromatic carbocycles. The summed E-state index contributed by atoms with van der Waals surface area (Å²) in [6, 6.07) is -1.10. The molecule has 106 valence electrons. The molecule has 0 aromatic heterocycles. The molecule has 2 N–H and O–H groups in total. The minimum atomic E-state index is -1.48. The van der Waals surface area contributed by atoms with Crippen molar-refractivity contribution in [2.45, 2.75) is 18.9 Å². The molecule has 1 atom stereocenters. The molecule has 0 heterocycles. The molecule has 0 amide bonds. The molecule has 0 bridgehead atoms. The molecular weight excluding hydrogens is 342 g/mol. The predicted molar refractivity (Wildman–Crippen MR) is 49.9 cm³/mol. The second kappa shape index (κ2) is 28.0. The summed E-state index contributed by atoms with van der Waals surface area (Å²) < 4.78 is 0. The predicted octanol–water partition coefficient (Wildman–Crippen LogP) is -16.2. The Morgan fingerprint density at radius 1 is 0.955 bits per heavy atom.